The smallest absolute Gasteiger partial charge is 0.339 e. The molecule has 2 N–H and O–H groups in total. The van der Waals surface area contributed by atoms with E-state index >= 15 is 0 Å². The van der Waals surface area contributed by atoms with Crippen LogP contribution < -0.4 is 15.5 Å². The molecule has 1 aliphatic heterocycles. The van der Waals surface area contributed by atoms with Gasteiger partial charge in [-0.2, -0.15) is 0 Å². The number of amides is 2. The minimum absolute atomic E-state index is 0.282. The van der Waals surface area contributed by atoms with Crippen molar-refractivity contribution in [3.63, 3.8) is 0 Å². The Balaban J connectivity index is 1.64. The fourth-order valence-corrected chi connectivity index (χ4v) is 4.10. The second-order valence-corrected chi connectivity index (χ2v) is 7.81. The Morgan fingerprint density at radius 2 is 1.85 bits per heavy atom. The Labute approximate surface area is 161 Å². The molecular weight excluding hydrogens is 366 g/mol. The van der Waals surface area contributed by atoms with E-state index in [0.29, 0.717) is 22.7 Å². The molecule has 1 aromatic carbocycles. The SMILES string of the molecule is COC(=O)c1ccccc1NC(=O)Nc1nnc(N2CC(C)CC(C)C2)s1. The maximum atomic E-state index is 12.3. The van der Waals surface area contributed by atoms with Gasteiger partial charge in [0.15, 0.2) is 0 Å². The maximum absolute atomic E-state index is 12.3. The molecule has 0 aliphatic carbocycles. The topological polar surface area (TPSA) is 96.4 Å². The lowest BCUT2D eigenvalue weighted by atomic mass is 9.92. The molecule has 0 spiro atoms. The van der Waals surface area contributed by atoms with E-state index in [4.69, 9.17) is 4.74 Å². The zero-order valence-electron chi connectivity index (χ0n) is 15.6. The van der Waals surface area contributed by atoms with E-state index in [1.54, 1.807) is 24.3 Å². The lowest BCUT2D eigenvalue weighted by Crippen LogP contribution is -2.38. The highest BCUT2D eigenvalue weighted by Gasteiger charge is 2.24. The number of hydrogen-bond acceptors (Lipinski definition) is 7. The summed E-state index contributed by atoms with van der Waals surface area (Å²) in [6.45, 7) is 6.35. The van der Waals surface area contributed by atoms with Crippen LogP contribution in [0.1, 0.15) is 30.6 Å². The van der Waals surface area contributed by atoms with Crippen molar-refractivity contribution in [2.24, 2.45) is 11.8 Å². The van der Waals surface area contributed by atoms with Gasteiger partial charge in [-0.3, -0.25) is 5.32 Å². The Bertz CT molecular complexity index is 815. The molecule has 2 heterocycles. The zero-order chi connectivity index (χ0) is 19.4. The number of nitrogens with zero attached hydrogens (tertiary/aromatic N) is 3. The number of urea groups is 1. The highest BCUT2D eigenvalue weighted by molar-refractivity contribution is 7.19. The predicted molar refractivity (Wildman–Crippen MR) is 105 cm³/mol. The average molecular weight is 389 g/mol. The summed E-state index contributed by atoms with van der Waals surface area (Å²) in [7, 11) is 1.30. The summed E-state index contributed by atoms with van der Waals surface area (Å²) in [6.07, 6.45) is 1.21. The number of aromatic nitrogens is 2. The van der Waals surface area contributed by atoms with Crippen LogP contribution in [0.4, 0.5) is 20.7 Å². The summed E-state index contributed by atoms with van der Waals surface area (Å²) in [5, 5.41) is 14.8. The van der Waals surface area contributed by atoms with Crippen molar-refractivity contribution in [3.05, 3.63) is 29.8 Å². The first-order chi connectivity index (χ1) is 13.0. The molecule has 144 valence electrons. The number of piperidine rings is 1. The van der Waals surface area contributed by atoms with Gasteiger partial charge in [0.05, 0.1) is 18.4 Å². The maximum Gasteiger partial charge on any atom is 0.339 e. The molecule has 0 saturated carbocycles. The molecular formula is C18H23N5O3S. The number of carbonyl (C=O) groups is 2. The molecule has 1 aromatic heterocycles. The van der Waals surface area contributed by atoms with Crippen LogP contribution in [0.2, 0.25) is 0 Å². The number of rotatable bonds is 4. The Kier molecular flexibility index (Phi) is 5.90. The Morgan fingerprint density at radius 1 is 1.15 bits per heavy atom. The molecule has 1 fully saturated rings. The van der Waals surface area contributed by atoms with E-state index in [1.165, 1.54) is 24.9 Å². The van der Waals surface area contributed by atoms with Crippen molar-refractivity contribution in [2.45, 2.75) is 20.3 Å². The van der Waals surface area contributed by atoms with Crippen LogP contribution in [0.15, 0.2) is 24.3 Å². The molecule has 8 nitrogen and oxygen atoms in total. The first-order valence-corrected chi connectivity index (χ1v) is 9.61. The molecule has 0 radical (unpaired) electrons. The van der Waals surface area contributed by atoms with E-state index in [1.807, 2.05) is 0 Å². The number of nitrogens with one attached hydrogen (secondary N) is 2. The van der Waals surface area contributed by atoms with Crippen molar-refractivity contribution in [3.8, 4) is 0 Å². The monoisotopic (exact) mass is 389 g/mol. The quantitative estimate of drug-likeness (QED) is 0.778. The lowest BCUT2D eigenvalue weighted by Gasteiger charge is -2.34. The largest absolute Gasteiger partial charge is 0.465 e. The summed E-state index contributed by atoms with van der Waals surface area (Å²) < 4.78 is 4.73. The van der Waals surface area contributed by atoms with Crippen molar-refractivity contribution >= 4 is 39.3 Å². The molecule has 2 amide bonds. The van der Waals surface area contributed by atoms with Crippen LogP contribution in [-0.4, -0.2) is 42.4 Å². The second kappa shape index (κ2) is 8.34. The van der Waals surface area contributed by atoms with Gasteiger partial charge < -0.3 is 15.0 Å². The number of anilines is 3. The van der Waals surface area contributed by atoms with Gasteiger partial charge in [0.25, 0.3) is 0 Å². The first kappa shape index (κ1) is 19.1. The summed E-state index contributed by atoms with van der Waals surface area (Å²) in [5.74, 6) is 0.691. The third kappa shape index (κ3) is 4.73. The van der Waals surface area contributed by atoms with Gasteiger partial charge in [-0.25, -0.2) is 9.59 Å². The van der Waals surface area contributed by atoms with E-state index in [2.05, 4.69) is 39.6 Å². The van der Waals surface area contributed by atoms with Gasteiger partial charge in [-0.15, -0.1) is 10.2 Å². The molecule has 3 rings (SSSR count). The fraction of sp³-hybridized carbons (Fsp3) is 0.444. The standard InChI is InChI=1S/C18H23N5O3S/c1-11-8-12(2)10-23(9-11)18-22-21-17(27-18)20-16(25)19-14-7-5-4-6-13(14)15(24)26-3/h4-7,11-12H,8-10H2,1-3H3,(H2,19,20,21,25). The van der Waals surface area contributed by atoms with Gasteiger partial charge in [-0.05, 0) is 30.4 Å². The second-order valence-electron chi connectivity index (χ2n) is 6.86. The summed E-state index contributed by atoms with van der Waals surface area (Å²) in [5.41, 5.74) is 0.648. The van der Waals surface area contributed by atoms with Crippen LogP contribution in [0.25, 0.3) is 0 Å². The highest BCUT2D eigenvalue weighted by Crippen LogP contribution is 2.30. The summed E-state index contributed by atoms with van der Waals surface area (Å²) in [4.78, 5) is 26.3. The number of benzene rings is 1. The molecule has 27 heavy (non-hydrogen) atoms. The zero-order valence-corrected chi connectivity index (χ0v) is 16.4. The highest BCUT2D eigenvalue weighted by atomic mass is 32.1. The number of ether oxygens (including phenoxy) is 1. The van der Waals surface area contributed by atoms with Crippen LogP contribution in [0, 0.1) is 11.8 Å². The Hall–Kier alpha value is -2.68. The minimum Gasteiger partial charge on any atom is -0.465 e. The van der Waals surface area contributed by atoms with Gasteiger partial charge >= 0.3 is 12.0 Å². The minimum atomic E-state index is -0.516. The molecule has 1 aliphatic rings. The predicted octanol–water partition coefficient (Wildman–Crippen LogP) is 3.45. The van der Waals surface area contributed by atoms with Gasteiger partial charge in [0.1, 0.15) is 0 Å². The van der Waals surface area contributed by atoms with Crippen molar-refractivity contribution < 1.29 is 14.3 Å². The normalized spacial score (nSPS) is 19.4. The third-order valence-corrected chi connectivity index (χ3v) is 5.25. The van der Waals surface area contributed by atoms with Crippen molar-refractivity contribution in [2.75, 3.05) is 35.7 Å². The first-order valence-electron chi connectivity index (χ1n) is 8.80. The summed E-state index contributed by atoms with van der Waals surface area (Å²) >= 11 is 1.34. The number of esters is 1. The van der Waals surface area contributed by atoms with E-state index in [9.17, 15) is 9.59 Å². The summed E-state index contributed by atoms with van der Waals surface area (Å²) in [6, 6.07) is 6.16. The molecule has 2 aromatic rings. The number of para-hydroxylation sites is 1. The van der Waals surface area contributed by atoms with Crippen LogP contribution in [0.5, 0.6) is 0 Å². The van der Waals surface area contributed by atoms with Crippen LogP contribution >= 0.6 is 11.3 Å². The number of methoxy groups -OCH3 is 1. The van der Waals surface area contributed by atoms with Crippen molar-refractivity contribution in [1.29, 1.82) is 0 Å². The number of hydrogen-bond donors (Lipinski definition) is 2. The molecule has 0 bridgehead atoms. The number of carbonyl (C=O) groups excluding carboxylic acids is 2. The van der Waals surface area contributed by atoms with Gasteiger partial charge in [-0.1, -0.05) is 37.3 Å². The van der Waals surface area contributed by atoms with E-state index in [0.717, 1.165) is 18.2 Å². The Morgan fingerprint density at radius 3 is 2.56 bits per heavy atom. The fourth-order valence-electron chi connectivity index (χ4n) is 3.34. The van der Waals surface area contributed by atoms with E-state index < -0.39 is 12.0 Å². The van der Waals surface area contributed by atoms with Gasteiger partial charge in [0, 0.05) is 13.1 Å². The molecule has 2 unspecified atom stereocenters. The van der Waals surface area contributed by atoms with Crippen LogP contribution in [0.3, 0.4) is 0 Å². The average Bonchev–Trinajstić information content (AvgIpc) is 3.09. The third-order valence-electron chi connectivity index (χ3n) is 4.35. The molecule has 2 atom stereocenters. The lowest BCUT2D eigenvalue weighted by molar-refractivity contribution is 0.0602. The van der Waals surface area contributed by atoms with Crippen LogP contribution in [-0.2, 0) is 4.74 Å². The molecule has 9 heteroatoms. The van der Waals surface area contributed by atoms with Crippen molar-refractivity contribution in [1.82, 2.24) is 10.2 Å². The van der Waals surface area contributed by atoms with Gasteiger partial charge in [0.2, 0.25) is 10.3 Å². The van der Waals surface area contributed by atoms with E-state index in [-0.39, 0.29) is 5.56 Å². The molecule has 1 saturated heterocycles.